The van der Waals surface area contributed by atoms with Crippen LogP contribution in [0.1, 0.15) is 129 Å². The Hall–Kier alpha value is -1.39. The Bertz CT molecular complexity index is 387. The molecule has 0 aromatic heterocycles. The molecule has 0 atom stereocenters. The summed E-state index contributed by atoms with van der Waals surface area (Å²) in [7, 11) is 0. The lowest BCUT2D eigenvalue weighted by Crippen LogP contribution is -2.12. The van der Waals surface area contributed by atoms with Crippen molar-refractivity contribution in [3.8, 4) is 0 Å². The molecule has 0 aliphatic heterocycles. The van der Waals surface area contributed by atoms with Gasteiger partial charge in [0, 0.05) is 19.3 Å². The highest BCUT2D eigenvalue weighted by Crippen LogP contribution is 2.01. The molecule has 0 unspecified atom stereocenters. The number of ketones is 1. The first-order valence-corrected chi connectivity index (χ1v) is 12.5. The Morgan fingerprint density at radius 2 is 0.969 bits per heavy atom. The van der Waals surface area contributed by atoms with Gasteiger partial charge in [0.25, 0.3) is 0 Å². The second kappa shape index (κ2) is 29.6. The quantitative estimate of drug-likeness (QED) is 0.244. The molecule has 0 aromatic carbocycles. The summed E-state index contributed by atoms with van der Waals surface area (Å²) in [4.78, 5) is 20.3. The molecule has 0 saturated carbocycles. The van der Waals surface area contributed by atoms with Gasteiger partial charge in [-0.05, 0) is 42.9 Å². The number of amides is 1. The van der Waals surface area contributed by atoms with E-state index in [1.165, 1.54) is 12.8 Å². The van der Waals surface area contributed by atoms with E-state index in [2.05, 4.69) is 55.4 Å². The predicted molar refractivity (Wildman–Crippen MR) is 145 cm³/mol. The molecule has 0 aromatic rings. The van der Waals surface area contributed by atoms with Crippen LogP contribution in [0.2, 0.25) is 0 Å². The number of hydrogen-bond donors (Lipinski definition) is 3. The van der Waals surface area contributed by atoms with E-state index < -0.39 is 0 Å². The normalized spacial score (nSPS) is 9.69. The largest absolute Gasteiger partial charge is 0.388 e. The first kappa shape index (κ1) is 40.9. The topological polar surface area (TPSA) is 110 Å². The third-order valence-corrected chi connectivity index (χ3v) is 3.93. The van der Waals surface area contributed by atoms with Crippen LogP contribution < -0.4 is 11.5 Å². The number of rotatable bonds is 9. The molecule has 0 aliphatic carbocycles. The van der Waals surface area contributed by atoms with Gasteiger partial charge in [-0.25, -0.2) is 0 Å². The molecule has 5 N–H and O–H groups in total. The molecule has 0 rings (SSSR count). The summed E-state index contributed by atoms with van der Waals surface area (Å²) in [6.45, 7) is 27.2. The maximum atomic E-state index is 10.3. The Kier molecular flexibility index (Phi) is 37.9. The van der Waals surface area contributed by atoms with Crippen LogP contribution in [0.3, 0.4) is 0 Å². The number of nitrogens with two attached hydrogens (primary N) is 2. The summed E-state index contributed by atoms with van der Waals surface area (Å²) in [6, 6.07) is 0. The van der Waals surface area contributed by atoms with E-state index in [9.17, 15) is 9.59 Å². The van der Waals surface area contributed by atoms with Gasteiger partial charge in [-0.3, -0.25) is 10.2 Å². The molecule has 196 valence electrons. The van der Waals surface area contributed by atoms with Crippen molar-refractivity contribution in [2.24, 2.45) is 41.1 Å². The van der Waals surface area contributed by atoms with Crippen molar-refractivity contribution in [2.45, 2.75) is 129 Å². The molecule has 32 heavy (non-hydrogen) atoms. The molecule has 0 fully saturated rings. The summed E-state index contributed by atoms with van der Waals surface area (Å²) < 4.78 is 0. The van der Waals surface area contributed by atoms with Crippen LogP contribution >= 0.6 is 0 Å². The Balaban J connectivity index is -0.0000000961. The van der Waals surface area contributed by atoms with Crippen LogP contribution in [0.15, 0.2) is 0 Å². The molecule has 5 heteroatoms. The zero-order valence-corrected chi connectivity index (χ0v) is 24.1. The Labute approximate surface area is 202 Å². The van der Waals surface area contributed by atoms with Crippen molar-refractivity contribution in [2.75, 3.05) is 0 Å². The fourth-order valence-electron chi connectivity index (χ4n) is 1.42. The van der Waals surface area contributed by atoms with Crippen LogP contribution in [0.5, 0.6) is 0 Å². The first-order valence-electron chi connectivity index (χ1n) is 12.5. The van der Waals surface area contributed by atoms with E-state index in [-0.39, 0.29) is 11.7 Å². The Morgan fingerprint density at radius 1 is 0.656 bits per heavy atom. The molecular weight excluding hydrogens is 398 g/mol. The van der Waals surface area contributed by atoms with Gasteiger partial charge in [-0.15, -0.1) is 0 Å². The van der Waals surface area contributed by atoms with Crippen LogP contribution in [-0.2, 0) is 9.59 Å². The van der Waals surface area contributed by atoms with E-state index in [1.54, 1.807) is 6.92 Å². The zero-order valence-electron chi connectivity index (χ0n) is 24.1. The van der Waals surface area contributed by atoms with Gasteiger partial charge in [0.1, 0.15) is 5.78 Å². The molecular formula is C27H61N3O2. The van der Waals surface area contributed by atoms with Crippen molar-refractivity contribution < 1.29 is 9.59 Å². The molecule has 0 saturated heterocycles. The summed E-state index contributed by atoms with van der Waals surface area (Å²) in [6.07, 6.45) is 5.62. The molecule has 0 spiro atoms. The van der Waals surface area contributed by atoms with E-state index >= 15 is 0 Å². The number of carbonyl (C=O) groups is 2. The number of primary amides is 1. The summed E-state index contributed by atoms with van der Waals surface area (Å²) >= 11 is 0. The van der Waals surface area contributed by atoms with Gasteiger partial charge in [0.15, 0.2) is 0 Å². The van der Waals surface area contributed by atoms with Crippen molar-refractivity contribution in [3.63, 3.8) is 0 Å². The lowest BCUT2D eigenvalue weighted by Gasteiger charge is -2.00. The molecule has 1 amide bonds. The second-order valence-electron chi connectivity index (χ2n) is 10.4. The van der Waals surface area contributed by atoms with Crippen molar-refractivity contribution >= 4 is 17.5 Å². The maximum absolute atomic E-state index is 10.3. The minimum absolute atomic E-state index is 0.213. The zero-order chi connectivity index (χ0) is 26.9. The van der Waals surface area contributed by atoms with E-state index in [0.29, 0.717) is 30.0 Å². The fraction of sp³-hybridized carbons (Fsp3) is 0.889. The highest BCUT2D eigenvalue weighted by atomic mass is 16.1. The van der Waals surface area contributed by atoms with Crippen molar-refractivity contribution in [1.82, 2.24) is 0 Å². The lowest BCUT2D eigenvalue weighted by molar-refractivity contribution is -0.119. The minimum Gasteiger partial charge on any atom is -0.388 e. The standard InChI is InChI=1S/C6H14N2.C6H12O.C5H11NO.2C5H12/c1-5(2)3-4-6(7)8;1-5(2)4-6(3)7;1-4(2)3-5(6)7;2*1-4-5(2)3/h5H,3-4H2,1-2H3,(H3,7,8);5H,4H2,1-3H3;4H,3H2,1-2H3,(H2,6,7);2*5H,4H2,1-3H3. The van der Waals surface area contributed by atoms with Crippen LogP contribution in [-0.4, -0.2) is 17.5 Å². The second-order valence-corrected chi connectivity index (χ2v) is 10.4. The maximum Gasteiger partial charge on any atom is 0.217 e. The molecule has 0 heterocycles. The van der Waals surface area contributed by atoms with E-state index in [1.807, 2.05) is 27.7 Å². The summed E-state index contributed by atoms with van der Waals surface area (Å²) in [5.41, 5.74) is 9.98. The van der Waals surface area contributed by atoms with Gasteiger partial charge in [0.2, 0.25) is 5.91 Å². The number of carbonyl (C=O) groups excluding carboxylic acids is 2. The van der Waals surface area contributed by atoms with Gasteiger partial charge >= 0.3 is 0 Å². The average Bonchev–Trinajstić information content (AvgIpc) is 2.59. The van der Waals surface area contributed by atoms with Crippen LogP contribution in [0, 0.1) is 35.0 Å². The smallest absolute Gasteiger partial charge is 0.217 e. The third-order valence-electron chi connectivity index (χ3n) is 3.93. The van der Waals surface area contributed by atoms with Gasteiger partial charge in [-0.1, -0.05) is 95.9 Å². The molecule has 0 bridgehead atoms. The highest BCUT2D eigenvalue weighted by molar-refractivity contribution is 5.76. The third kappa shape index (κ3) is 89.5. The SMILES string of the molecule is CC(=O)CC(C)C.CC(C)CC(N)=O.CC(C)CCC(=N)N.CCC(C)C.CCC(C)C. The molecule has 0 aliphatic rings. The number of Topliss-reactive ketones (excluding diaryl/α,β-unsaturated/α-hetero) is 1. The summed E-state index contributed by atoms with van der Waals surface area (Å²) in [5, 5.41) is 6.87. The minimum atomic E-state index is -0.213. The summed E-state index contributed by atoms with van der Waals surface area (Å²) in [5.74, 6) is 3.74. The number of nitrogens with one attached hydrogen (secondary N) is 1. The van der Waals surface area contributed by atoms with E-state index in [4.69, 9.17) is 16.9 Å². The number of hydrogen-bond acceptors (Lipinski definition) is 3. The molecule has 0 radical (unpaired) electrons. The van der Waals surface area contributed by atoms with Crippen LogP contribution in [0.25, 0.3) is 0 Å². The average molecular weight is 460 g/mol. The highest BCUT2D eigenvalue weighted by Gasteiger charge is 1.96. The number of amidine groups is 1. The predicted octanol–water partition coefficient (Wildman–Crippen LogP) is 7.60. The van der Waals surface area contributed by atoms with Crippen molar-refractivity contribution in [1.29, 1.82) is 5.41 Å². The van der Waals surface area contributed by atoms with Gasteiger partial charge < -0.3 is 16.3 Å². The van der Waals surface area contributed by atoms with Gasteiger partial charge in [0.05, 0.1) is 5.84 Å². The van der Waals surface area contributed by atoms with Crippen molar-refractivity contribution in [3.05, 3.63) is 0 Å². The molecule has 5 nitrogen and oxygen atoms in total. The Morgan fingerprint density at radius 3 is 1.00 bits per heavy atom. The fourth-order valence-corrected chi connectivity index (χ4v) is 1.42. The van der Waals surface area contributed by atoms with E-state index in [0.717, 1.165) is 31.1 Å². The first-order chi connectivity index (χ1) is 14.4. The van der Waals surface area contributed by atoms with Crippen LogP contribution in [0.4, 0.5) is 0 Å². The lowest BCUT2D eigenvalue weighted by atomic mass is 10.1. The monoisotopic (exact) mass is 459 g/mol. The van der Waals surface area contributed by atoms with Gasteiger partial charge in [-0.2, -0.15) is 0 Å².